The second-order valence-corrected chi connectivity index (χ2v) is 4.83. The molecule has 0 radical (unpaired) electrons. The van der Waals surface area contributed by atoms with Crippen LogP contribution in [-0.2, 0) is 9.53 Å². The number of esters is 1. The van der Waals surface area contributed by atoms with E-state index in [1.165, 1.54) is 5.56 Å². The van der Waals surface area contributed by atoms with Gasteiger partial charge in [-0.15, -0.1) is 0 Å². The van der Waals surface area contributed by atoms with E-state index in [-0.39, 0.29) is 5.97 Å². The smallest absolute Gasteiger partial charge is 0.319 e. The number of nitrogens with one attached hydrogen (secondary N) is 1. The Bertz CT molecular complexity index is 427. The molecule has 4 heteroatoms. The van der Waals surface area contributed by atoms with Gasteiger partial charge in [-0.05, 0) is 43.4 Å². The molecule has 0 atom stereocenters. The summed E-state index contributed by atoms with van der Waals surface area (Å²) in [5.74, 6) is 1.29. The summed E-state index contributed by atoms with van der Waals surface area (Å²) >= 11 is 0. The first-order valence-corrected chi connectivity index (χ1v) is 6.76. The fraction of sp³-hybridized carbons (Fsp3) is 0.533. The molecule has 19 heavy (non-hydrogen) atoms. The lowest BCUT2D eigenvalue weighted by molar-refractivity contribution is -0.142. The van der Waals surface area contributed by atoms with E-state index < -0.39 is 0 Å². The van der Waals surface area contributed by atoms with Gasteiger partial charge in [-0.2, -0.15) is 0 Å². The molecule has 1 aromatic carbocycles. The van der Waals surface area contributed by atoms with Gasteiger partial charge in [-0.1, -0.05) is 12.1 Å². The van der Waals surface area contributed by atoms with E-state index >= 15 is 0 Å². The van der Waals surface area contributed by atoms with Crippen molar-refractivity contribution in [2.75, 3.05) is 20.3 Å². The summed E-state index contributed by atoms with van der Waals surface area (Å²) in [5.41, 5.74) is 1.31. The Hall–Kier alpha value is -1.55. The highest BCUT2D eigenvalue weighted by Crippen LogP contribution is 2.37. The van der Waals surface area contributed by atoms with Gasteiger partial charge in [0.25, 0.3) is 0 Å². The molecule has 0 aliphatic heterocycles. The zero-order valence-corrected chi connectivity index (χ0v) is 11.5. The third kappa shape index (κ3) is 3.70. The van der Waals surface area contributed by atoms with Gasteiger partial charge >= 0.3 is 5.97 Å². The Kier molecular flexibility index (Phi) is 4.80. The van der Waals surface area contributed by atoms with Crippen molar-refractivity contribution >= 4 is 5.97 Å². The van der Waals surface area contributed by atoms with Crippen LogP contribution in [0.1, 0.15) is 31.2 Å². The molecular weight excluding hydrogens is 242 g/mol. The van der Waals surface area contributed by atoms with Crippen LogP contribution in [-0.4, -0.2) is 32.3 Å². The number of carbonyl (C=O) groups is 1. The van der Waals surface area contributed by atoms with E-state index in [1.807, 2.05) is 19.1 Å². The summed E-state index contributed by atoms with van der Waals surface area (Å²) in [5, 5.41) is 3.23. The molecule has 1 aliphatic carbocycles. The maximum atomic E-state index is 11.2. The molecule has 4 nitrogen and oxygen atoms in total. The molecule has 0 aromatic heterocycles. The van der Waals surface area contributed by atoms with Gasteiger partial charge in [-0.25, -0.2) is 0 Å². The van der Waals surface area contributed by atoms with Crippen LogP contribution in [0.15, 0.2) is 24.3 Å². The van der Waals surface area contributed by atoms with E-state index in [1.54, 1.807) is 7.11 Å². The van der Waals surface area contributed by atoms with Gasteiger partial charge in [0, 0.05) is 6.04 Å². The highest BCUT2D eigenvalue weighted by molar-refractivity contribution is 5.71. The second-order valence-electron chi connectivity index (χ2n) is 4.83. The van der Waals surface area contributed by atoms with E-state index in [0.29, 0.717) is 25.1 Å². The van der Waals surface area contributed by atoms with Gasteiger partial charge in [0.05, 0.1) is 20.3 Å². The molecule has 0 bridgehead atoms. The zero-order valence-electron chi connectivity index (χ0n) is 11.5. The van der Waals surface area contributed by atoms with Crippen molar-refractivity contribution < 1.29 is 14.3 Å². The van der Waals surface area contributed by atoms with Crippen molar-refractivity contribution in [1.82, 2.24) is 5.32 Å². The maximum absolute atomic E-state index is 11.2. The Morgan fingerprint density at radius 2 is 2.21 bits per heavy atom. The lowest BCUT2D eigenvalue weighted by Gasteiger charge is -2.36. The average Bonchev–Trinajstić information content (AvgIpc) is 2.37. The molecular formula is C15H21NO3. The van der Waals surface area contributed by atoms with E-state index in [9.17, 15) is 4.79 Å². The number of hydrogen-bond donors (Lipinski definition) is 1. The van der Waals surface area contributed by atoms with Crippen LogP contribution in [0, 0.1) is 0 Å². The van der Waals surface area contributed by atoms with Crippen LogP contribution in [0.5, 0.6) is 5.75 Å². The molecule has 1 aliphatic rings. The summed E-state index contributed by atoms with van der Waals surface area (Å²) < 4.78 is 10.1. The van der Waals surface area contributed by atoms with Gasteiger partial charge in [0.1, 0.15) is 5.75 Å². The molecule has 1 saturated carbocycles. The molecule has 1 fully saturated rings. The minimum absolute atomic E-state index is 0.174. The molecule has 0 heterocycles. The van der Waals surface area contributed by atoms with E-state index in [4.69, 9.17) is 9.47 Å². The van der Waals surface area contributed by atoms with Gasteiger partial charge in [0.2, 0.25) is 0 Å². The zero-order chi connectivity index (χ0) is 13.7. The Morgan fingerprint density at radius 3 is 2.89 bits per heavy atom. The van der Waals surface area contributed by atoms with Crippen LogP contribution in [0.3, 0.4) is 0 Å². The Labute approximate surface area is 114 Å². The number of ether oxygens (including phenoxy) is 2. The van der Waals surface area contributed by atoms with Crippen molar-refractivity contribution in [1.29, 1.82) is 0 Å². The maximum Gasteiger partial charge on any atom is 0.319 e. The van der Waals surface area contributed by atoms with Gasteiger partial charge in [-0.3, -0.25) is 4.79 Å². The van der Waals surface area contributed by atoms with Crippen LogP contribution in [0.2, 0.25) is 0 Å². The van der Waals surface area contributed by atoms with Crippen molar-refractivity contribution in [2.45, 2.75) is 31.7 Å². The van der Waals surface area contributed by atoms with E-state index in [2.05, 4.69) is 17.4 Å². The third-order valence-corrected chi connectivity index (χ3v) is 3.54. The fourth-order valence-corrected chi connectivity index (χ4v) is 2.39. The molecule has 1 N–H and O–H groups in total. The molecule has 0 unspecified atom stereocenters. The number of benzene rings is 1. The Balaban J connectivity index is 1.75. The highest BCUT2D eigenvalue weighted by atomic mass is 16.5. The lowest BCUT2D eigenvalue weighted by atomic mass is 9.76. The SMILES string of the molecule is CCOC(=O)CNC1CC(c2cccc(OC)c2)C1. The molecule has 0 amide bonds. The molecule has 0 saturated heterocycles. The largest absolute Gasteiger partial charge is 0.497 e. The minimum atomic E-state index is -0.174. The number of hydrogen-bond acceptors (Lipinski definition) is 4. The van der Waals surface area contributed by atoms with Gasteiger partial charge < -0.3 is 14.8 Å². The van der Waals surface area contributed by atoms with Crippen LogP contribution >= 0.6 is 0 Å². The van der Waals surface area contributed by atoms with Crippen LogP contribution < -0.4 is 10.1 Å². The third-order valence-electron chi connectivity index (χ3n) is 3.54. The van der Waals surface area contributed by atoms with Crippen molar-refractivity contribution in [3.05, 3.63) is 29.8 Å². The highest BCUT2D eigenvalue weighted by Gasteiger charge is 2.30. The summed E-state index contributed by atoms with van der Waals surface area (Å²) in [7, 11) is 1.68. The molecule has 104 valence electrons. The quantitative estimate of drug-likeness (QED) is 0.798. The number of methoxy groups -OCH3 is 1. The summed E-state index contributed by atoms with van der Waals surface area (Å²) in [6, 6.07) is 8.62. The monoisotopic (exact) mass is 263 g/mol. The molecule has 1 aromatic rings. The fourth-order valence-electron chi connectivity index (χ4n) is 2.39. The van der Waals surface area contributed by atoms with E-state index in [0.717, 1.165) is 18.6 Å². The van der Waals surface area contributed by atoms with Crippen LogP contribution in [0.4, 0.5) is 0 Å². The normalized spacial score (nSPS) is 21.6. The predicted molar refractivity (Wildman–Crippen MR) is 73.4 cm³/mol. The summed E-state index contributed by atoms with van der Waals surface area (Å²) in [6.07, 6.45) is 2.12. The summed E-state index contributed by atoms with van der Waals surface area (Å²) in [6.45, 7) is 2.57. The molecule has 0 spiro atoms. The first-order valence-electron chi connectivity index (χ1n) is 6.76. The number of rotatable bonds is 6. The van der Waals surface area contributed by atoms with Crippen molar-refractivity contribution in [2.24, 2.45) is 0 Å². The average molecular weight is 263 g/mol. The predicted octanol–water partition coefficient (Wildman–Crippen LogP) is 2.09. The van der Waals surface area contributed by atoms with Crippen LogP contribution in [0.25, 0.3) is 0 Å². The van der Waals surface area contributed by atoms with Gasteiger partial charge in [0.15, 0.2) is 0 Å². The topological polar surface area (TPSA) is 47.6 Å². The molecule has 2 rings (SSSR count). The Morgan fingerprint density at radius 1 is 1.42 bits per heavy atom. The standard InChI is InChI=1S/C15H21NO3/c1-3-19-15(17)10-16-13-7-12(8-13)11-5-4-6-14(9-11)18-2/h4-6,9,12-13,16H,3,7-8,10H2,1-2H3. The van der Waals surface area contributed by atoms with Crippen molar-refractivity contribution in [3.8, 4) is 5.75 Å². The minimum Gasteiger partial charge on any atom is -0.497 e. The first-order chi connectivity index (χ1) is 9.22. The lowest BCUT2D eigenvalue weighted by Crippen LogP contribution is -2.42. The summed E-state index contributed by atoms with van der Waals surface area (Å²) in [4.78, 5) is 11.2. The first kappa shape index (κ1) is 13.9. The van der Waals surface area contributed by atoms with Crippen molar-refractivity contribution in [3.63, 3.8) is 0 Å². The number of carbonyl (C=O) groups excluding carboxylic acids is 1. The second kappa shape index (κ2) is 6.57.